The van der Waals surface area contributed by atoms with Crippen LogP contribution in [0.2, 0.25) is 0 Å². The normalized spacial score (nSPS) is 10.6. The zero-order valence-corrected chi connectivity index (χ0v) is 12.4. The highest BCUT2D eigenvalue weighted by Crippen LogP contribution is 2.23. The van der Waals surface area contributed by atoms with Gasteiger partial charge in [0.2, 0.25) is 12.3 Å². The summed E-state index contributed by atoms with van der Waals surface area (Å²) in [6.07, 6.45) is 1.28. The number of aryl methyl sites for hydroxylation is 2. The van der Waals surface area contributed by atoms with Crippen molar-refractivity contribution in [3.05, 3.63) is 52.0 Å². The van der Waals surface area contributed by atoms with Crippen molar-refractivity contribution in [1.82, 2.24) is 10.2 Å². The van der Waals surface area contributed by atoms with E-state index in [0.717, 1.165) is 15.3 Å². The Hall–Kier alpha value is -2.47. The van der Waals surface area contributed by atoms with E-state index in [1.54, 1.807) is 17.4 Å². The molecule has 5 nitrogen and oxygen atoms in total. The second-order valence-corrected chi connectivity index (χ2v) is 6.07. The number of amides is 1. The van der Waals surface area contributed by atoms with Gasteiger partial charge in [0, 0.05) is 21.0 Å². The molecule has 0 saturated carbocycles. The fourth-order valence-electron chi connectivity index (χ4n) is 2.08. The average molecular weight is 299 g/mol. The Bertz CT molecular complexity index is 778. The van der Waals surface area contributed by atoms with E-state index in [1.165, 1.54) is 6.39 Å². The molecule has 3 aromatic rings. The third-order valence-electron chi connectivity index (χ3n) is 3.01. The summed E-state index contributed by atoms with van der Waals surface area (Å²) < 4.78 is 5.15. The highest BCUT2D eigenvalue weighted by Gasteiger charge is 2.13. The van der Waals surface area contributed by atoms with E-state index < -0.39 is 0 Å². The van der Waals surface area contributed by atoms with Crippen molar-refractivity contribution in [2.45, 2.75) is 13.8 Å². The van der Waals surface area contributed by atoms with Gasteiger partial charge in [-0.15, -0.1) is 21.5 Å². The van der Waals surface area contributed by atoms with Crippen molar-refractivity contribution in [1.29, 1.82) is 0 Å². The number of carbonyl (C=O) groups excluding carboxylic acids is 1. The average Bonchev–Trinajstić information content (AvgIpc) is 3.08. The van der Waals surface area contributed by atoms with Crippen molar-refractivity contribution in [2.75, 3.05) is 5.32 Å². The first-order chi connectivity index (χ1) is 10.1. The van der Waals surface area contributed by atoms with Gasteiger partial charge in [0.05, 0.1) is 5.56 Å². The molecule has 0 unspecified atom stereocenters. The number of aromatic nitrogens is 2. The van der Waals surface area contributed by atoms with E-state index in [4.69, 9.17) is 4.42 Å². The Morgan fingerprint density at radius 2 is 2.14 bits per heavy atom. The molecule has 1 aromatic carbocycles. The van der Waals surface area contributed by atoms with Crippen LogP contribution in [0, 0.1) is 13.8 Å². The van der Waals surface area contributed by atoms with E-state index in [1.807, 2.05) is 38.1 Å². The van der Waals surface area contributed by atoms with E-state index in [-0.39, 0.29) is 5.91 Å². The van der Waals surface area contributed by atoms with Gasteiger partial charge in [-0.1, -0.05) is 6.07 Å². The molecule has 0 spiro atoms. The van der Waals surface area contributed by atoms with Crippen LogP contribution in [-0.4, -0.2) is 16.1 Å². The molecule has 106 valence electrons. The lowest BCUT2D eigenvalue weighted by Crippen LogP contribution is -2.11. The number of nitrogens with zero attached hydrogens (tertiary/aromatic N) is 2. The van der Waals surface area contributed by atoms with E-state index >= 15 is 0 Å². The summed E-state index contributed by atoms with van der Waals surface area (Å²) in [5.41, 5.74) is 2.17. The highest BCUT2D eigenvalue weighted by molar-refractivity contribution is 7.12. The smallest absolute Gasteiger partial charge is 0.256 e. The number of anilines is 1. The van der Waals surface area contributed by atoms with Gasteiger partial charge in [0.25, 0.3) is 5.91 Å². The maximum atomic E-state index is 12.3. The molecular formula is C15H13N3O2S. The SMILES string of the molecule is Cc1cc(C(=O)Nc2cccc(-c3nnco3)c2)c(C)s1. The number of benzene rings is 1. The molecule has 2 heterocycles. The summed E-state index contributed by atoms with van der Waals surface area (Å²) in [6.45, 7) is 3.94. The van der Waals surface area contributed by atoms with Gasteiger partial charge in [0.15, 0.2) is 0 Å². The van der Waals surface area contributed by atoms with Crippen LogP contribution < -0.4 is 5.32 Å². The summed E-state index contributed by atoms with van der Waals surface area (Å²) >= 11 is 1.62. The molecule has 0 aliphatic carbocycles. The summed E-state index contributed by atoms with van der Waals surface area (Å²) in [5, 5.41) is 10.4. The Morgan fingerprint density at radius 1 is 1.29 bits per heavy atom. The molecular weight excluding hydrogens is 286 g/mol. The van der Waals surface area contributed by atoms with Gasteiger partial charge in [-0.25, -0.2) is 0 Å². The first-order valence-corrected chi connectivity index (χ1v) is 7.20. The van der Waals surface area contributed by atoms with E-state index in [9.17, 15) is 4.79 Å². The quantitative estimate of drug-likeness (QED) is 0.801. The van der Waals surface area contributed by atoms with Gasteiger partial charge in [-0.05, 0) is 38.1 Å². The zero-order chi connectivity index (χ0) is 14.8. The van der Waals surface area contributed by atoms with Crippen LogP contribution in [0.4, 0.5) is 5.69 Å². The van der Waals surface area contributed by atoms with E-state index in [2.05, 4.69) is 15.5 Å². The molecule has 1 amide bonds. The molecule has 0 radical (unpaired) electrons. The van der Waals surface area contributed by atoms with Crippen LogP contribution in [-0.2, 0) is 0 Å². The predicted molar refractivity (Wildman–Crippen MR) is 81.5 cm³/mol. The van der Waals surface area contributed by atoms with E-state index in [0.29, 0.717) is 17.1 Å². The van der Waals surface area contributed by atoms with Crippen molar-refractivity contribution in [2.24, 2.45) is 0 Å². The van der Waals surface area contributed by atoms with Crippen LogP contribution >= 0.6 is 11.3 Å². The fraction of sp³-hybridized carbons (Fsp3) is 0.133. The van der Waals surface area contributed by atoms with Crippen LogP contribution in [0.3, 0.4) is 0 Å². The Kier molecular flexibility index (Phi) is 3.53. The largest absolute Gasteiger partial charge is 0.423 e. The maximum absolute atomic E-state index is 12.3. The summed E-state index contributed by atoms with van der Waals surface area (Å²) in [5.74, 6) is 0.313. The second-order valence-electron chi connectivity index (χ2n) is 4.61. The van der Waals surface area contributed by atoms with Crippen LogP contribution in [0.15, 0.2) is 41.1 Å². The zero-order valence-electron chi connectivity index (χ0n) is 11.6. The third-order valence-corrected chi connectivity index (χ3v) is 3.98. The first-order valence-electron chi connectivity index (χ1n) is 6.38. The molecule has 0 fully saturated rings. The van der Waals surface area contributed by atoms with Crippen molar-refractivity contribution in [3.8, 4) is 11.5 Å². The topological polar surface area (TPSA) is 68.0 Å². The third kappa shape index (κ3) is 2.85. The summed E-state index contributed by atoms with van der Waals surface area (Å²) in [4.78, 5) is 14.4. The fourth-order valence-corrected chi connectivity index (χ4v) is 3.00. The summed E-state index contributed by atoms with van der Waals surface area (Å²) in [7, 11) is 0. The molecule has 2 aromatic heterocycles. The monoisotopic (exact) mass is 299 g/mol. The number of hydrogen-bond donors (Lipinski definition) is 1. The number of hydrogen-bond acceptors (Lipinski definition) is 5. The predicted octanol–water partition coefficient (Wildman–Crippen LogP) is 3.67. The first kappa shape index (κ1) is 13.5. The minimum atomic E-state index is -0.112. The molecule has 21 heavy (non-hydrogen) atoms. The highest BCUT2D eigenvalue weighted by atomic mass is 32.1. The second kappa shape index (κ2) is 5.49. The Labute approximate surface area is 125 Å². The maximum Gasteiger partial charge on any atom is 0.256 e. The molecule has 0 aliphatic rings. The lowest BCUT2D eigenvalue weighted by atomic mass is 10.2. The van der Waals surface area contributed by atoms with Crippen LogP contribution in [0.5, 0.6) is 0 Å². The molecule has 1 N–H and O–H groups in total. The van der Waals surface area contributed by atoms with Gasteiger partial charge in [0.1, 0.15) is 0 Å². The molecule has 0 bridgehead atoms. The van der Waals surface area contributed by atoms with Gasteiger partial charge in [-0.3, -0.25) is 4.79 Å². The number of thiophene rings is 1. The van der Waals surface area contributed by atoms with Crippen LogP contribution in [0.1, 0.15) is 20.1 Å². The Balaban J connectivity index is 1.84. The Morgan fingerprint density at radius 3 is 2.81 bits per heavy atom. The van der Waals surface area contributed by atoms with Gasteiger partial charge in [-0.2, -0.15) is 0 Å². The summed E-state index contributed by atoms with van der Waals surface area (Å²) in [6, 6.07) is 9.22. The molecule has 0 atom stereocenters. The van der Waals surface area contributed by atoms with Gasteiger partial charge < -0.3 is 9.73 Å². The van der Waals surface area contributed by atoms with Crippen molar-refractivity contribution >= 4 is 22.9 Å². The molecule has 6 heteroatoms. The number of carbonyl (C=O) groups is 1. The lowest BCUT2D eigenvalue weighted by Gasteiger charge is -2.05. The standard InChI is InChI=1S/C15H13N3O2S/c1-9-6-13(10(2)21-9)14(19)17-12-5-3-4-11(7-12)15-18-16-8-20-15/h3-8H,1-2H3,(H,17,19). The number of rotatable bonds is 3. The minimum absolute atomic E-state index is 0.112. The molecule has 0 saturated heterocycles. The molecule has 3 rings (SSSR count). The molecule has 0 aliphatic heterocycles. The lowest BCUT2D eigenvalue weighted by molar-refractivity contribution is 0.102. The minimum Gasteiger partial charge on any atom is -0.423 e. The van der Waals surface area contributed by atoms with Crippen molar-refractivity contribution in [3.63, 3.8) is 0 Å². The van der Waals surface area contributed by atoms with Crippen LogP contribution in [0.25, 0.3) is 11.5 Å². The van der Waals surface area contributed by atoms with Crippen molar-refractivity contribution < 1.29 is 9.21 Å². The number of nitrogens with one attached hydrogen (secondary N) is 1. The van der Waals surface area contributed by atoms with Gasteiger partial charge >= 0.3 is 0 Å².